The number of non-ortho nitro benzene ring substituents is 1. The van der Waals surface area contributed by atoms with E-state index in [-0.39, 0.29) is 11.3 Å². The number of benzene rings is 1. The summed E-state index contributed by atoms with van der Waals surface area (Å²) in [4.78, 5) is 28.0. The van der Waals surface area contributed by atoms with Crippen molar-refractivity contribution < 1.29 is 14.8 Å². The normalized spacial score (nSPS) is 20.1. The van der Waals surface area contributed by atoms with Crippen molar-refractivity contribution in [1.29, 1.82) is 5.26 Å². The Morgan fingerprint density at radius 1 is 1.50 bits per heavy atom. The second-order valence-corrected chi connectivity index (χ2v) is 6.14. The highest BCUT2D eigenvalue weighted by atomic mass is 16.6. The van der Waals surface area contributed by atoms with Gasteiger partial charge in [0.1, 0.15) is 5.82 Å². The number of hydrogen-bond acceptors (Lipinski definition) is 6. The van der Waals surface area contributed by atoms with Gasteiger partial charge in [-0.3, -0.25) is 14.9 Å². The monoisotopic (exact) mass is 326 g/mol. The van der Waals surface area contributed by atoms with Crippen LogP contribution in [0.2, 0.25) is 0 Å². The molecule has 1 N–H and O–H groups in total. The number of hydrogen-bond donors (Lipinski definition) is 1. The lowest BCUT2D eigenvalue weighted by atomic mass is 9.90. The first kappa shape index (κ1) is 15.7. The fourth-order valence-electron chi connectivity index (χ4n) is 2.90. The number of carbonyl (C=O) groups is 1. The molecule has 122 valence electrons. The van der Waals surface area contributed by atoms with Crippen LogP contribution in [0.5, 0.6) is 0 Å². The van der Waals surface area contributed by atoms with Crippen LogP contribution in [0.15, 0.2) is 24.3 Å². The Labute approximate surface area is 137 Å². The van der Waals surface area contributed by atoms with Crippen LogP contribution in [-0.4, -0.2) is 34.1 Å². The standard InChI is InChI=1S/C16H14N4O4/c1-16(15(21)22)4-5-19(9-16)14-6-10(8-17)12-7-11(20(23)24)2-3-13(12)18-14/h2-3,6-7H,4-5,9H2,1H3,(H,21,22). The van der Waals surface area contributed by atoms with Crippen molar-refractivity contribution in [2.75, 3.05) is 18.0 Å². The molecule has 1 unspecified atom stereocenters. The van der Waals surface area contributed by atoms with Crippen molar-refractivity contribution in [1.82, 2.24) is 4.98 Å². The number of nitro benzene ring substituents is 1. The van der Waals surface area contributed by atoms with Gasteiger partial charge >= 0.3 is 5.97 Å². The summed E-state index contributed by atoms with van der Waals surface area (Å²) in [5.74, 6) is -0.347. The van der Waals surface area contributed by atoms with Gasteiger partial charge in [0, 0.05) is 30.6 Å². The number of aromatic nitrogens is 1. The molecule has 3 rings (SSSR count). The molecule has 1 aromatic carbocycles. The largest absolute Gasteiger partial charge is 0.481 e. The summed E-state index contributed by atoms with van der Waals surface area (Å²) < 4.78 is 0. The molecule has 1 saturated heterocycles. The number of rotatable bonds is 3. The Balaban J connectivity index is 2.06. The molecule has 8 nitrogen and oxygen atoms in total. The van der Waals surface area contributed by atoms with Gasteiger partial charge < -0.3 is 10.0 Å². The van der Waals surface area contributed by atoms with Crippen molar-refractivity contribution in [3.8, 4) is 6.07 Å². The molecule has 2 heterocycles. The van der Waals surface area contributed by atoms with Gasteiger partial charge in [-0.25, -0.2) is 4.98 Å². The summed E-state index contributed by atoms with van der Waals surface area (Å²) in [7, 11) is 0. The SMILES string of the molecule is CC1(C(=O)O)CCN(c2cc(C#N)c3cc([N+](=O)[O-])ccc3n2)C1. The second-order valence-electron chi connectivity index (χ2n) is 6.14. The maximum atomic E-state index is 11.4. The number of carboxylic acid groups (broad SMARTS) is 1. The molecule has 1 aromatic heterocycles. The summed E-state index contributed by atoms with van der Waals surface area (Å²) in [5, 5.41) is 30.0. The van der Waals surface area contributed by atoms with E-state index in [4.69, 9.17) is 0 Å². The van der Waals surface area contributed by atoms with E-state index in [9.17, 15) is 25.3 Å². The van der Waals surface area contributed by atoms with Crippen molar-refractivity contribution >= 4 is 28.4 Å². The summed E-state index contributed by atoms with van der Waals surface area (Å²) in [6, 6.07) is 7.77. The Bertz CT molecular complexity index is 905. The fourth-order valence-corrected chi connectivity index (χ4v) is 2.90. The average molecular weight is 326 g/mol. The van der Waals surface area contributed by atoms with Gasteiger partial charge in [-0.05, 0) is 25.5 Å². The molecule has 0 amide bonds. The molecule has 1 aliphatic heterocycles. The van der Waals surface area contributed by atoms with Crippen molar-refractivity contribution in [3.05, 3.63) is 39.9 Å². The van der Waals surface area contributed by atoms with E-state index in [1.54, 1.807) is 13.0 Å². The molecule has 1 fully saturated rings. The smallest absolute Gasteiger partial charge is 0.311 e. The van der Waals surface area contributed by atoms with Crippen molar-refractivity contribution in [2.45, 2.75) is 13.3 Å². The summed E-state index contributed by atoms with van der Waals surface area (Å²) in [6.07, 6.45) is 0.490. The van der Waals surface area contributed by atoms with E-state index in [1.807, 2.05) is 11.0 Å². The van der Waals surface area contributed by atoms with E-state index in [1.165, 1.54) is 18.2 Å². The third-order valence-electron chi connectivity index (χ3n) is 4.42. The summed E-state index contributed by atoms with van der Waals surface area (Å²) >= 11 is 0. The van der Waals surface area contributed by atoms with Gasteiger partial charge in [0.05, 0.1) is 27.5 Å². The molecule has 0 aliphatic carbocycles. The first-order valence-corrected chi connectivity index (χ1v) is 7.32. The van der Waals surface area contributed by atoms with Gasteiger partial charge in [0.25, 0.3) is 5.69 Å². The highest BCUT2D eigenvalue weighted by Crippen LogP contribution is 2.34. The minimum Gasteiger partial charge on any atom is -0.481 e. The molecule has 1 atom stereocenters. The summed E-state index contributed by atoms with van der Waals surface area (Å²) in [5.41, 5.74) is -0.201. The predicted molar refractivity (Wildman–Crippen MR) is 85.7 cm³/mol. The molecule has 24 heavy (non-hydrogen) atoms. The molecule has 8 heteroatoms. The van der Waals surface area contributed by atoms with Crippen LogP contribution >= 0.6 is 0 Å². The van der Waals surface area contributed by atoms with Gasteiger partial charge in [-0.15, -0.1) is 0 Å². The van der Waals surface area contributed by atoms with E-state index in [0.29, 0.717) is 36.2 Å². The van der Waals surface area contributed by atoms with Crippen LogP contribution in [-0.2, 0) is 4.79 Å². The molecule has 1 aliphatic rings. The number of nitrogens with zero attached hydrogens (tertiary/aromatic N) is 4. The lowest BCUT2D eigenvalue weighted by Gasteiger charge is -2.21. The number of pyridine rings is 1. The predicted octanol–water partition coefficient (Wildman–Crippen LogP) is 2.32. The highest BCUT2D eigenvalue weighted by molar-refractivity contribution is 5.88. The van der Waals surface area contributed by atoms with Crippen molar-refractivity contribution in [3.63, 3.8) is 0 Å². The quantitative estimate of drug-likeness (QED) is 0.678. The van der Waals surface area contributed by atoms with Gasteiger partial charge in [-0.2, -0.15) is 5.26 Å². The van der Waals surface area contributed by atoms with Crippen LogP contribution in [0.25, 0.3) is 10.9 Å². The van der Waals surface area contributed by atoms with Crippen LogP contribution in [0.3, 0.4) is 0 Å². The molecule has 0 spiro atoms. The highest BCUT2D eigenvalue weighted by Gasteiger charge is 2.41. The third kappa shape index (κ3) is 2.50. The van der Waals surface area contributed by atoms with Crippen LogP contribution < -0.4 is 4.90 Å². The van der Waals surface area contributed by atoms with E-state index < -0.39 is 16.3 Å². The minimum absolute atomic E-state index is 0.104. The maximum Gasteiger partial charge on any atom is 0.311 e. The van der Waals surface area contributed by atoms with E-state index in [0.717, 1.165) is 0 Å². The molecule has 0 bridgehead atoms. The van der Waals surface area contributed by atoms with Crippen LogP contribution in [0, 0.1) is 26.9 Å². The Morgan fingerprint density at radius 2 is 2.25 bits per heavy atom. The second kappa shape index (κ2) is 5.45. The number of carboxylic acids is 1. The molecular formula is C16H14N4O4. The van der Waals surface area contributed by atoms with Gasteiger partial charge in [-0.1, -0.05) is 0 Å². The molecular weight excluding hydrogens is 312 g/mol. The zero-order valence-corrected chi connectivity index (χ0v) is 12.9. The molecule has 0 radical (unpaired) electrons. The first-order chi connectivity index (χ1) is 11.3. The third-order valence-corrected chi connectivity index (χ3v) is 4.42. The molecule has 2 aromatic rings. The van der Waals surface area contributed by atoms with Crippen molar-refractivity contribution in [2.24, 2.45) is 5.41 Å². The Kier molecular flexibility index (Phi) is 3.56. The average Bonchev–Trinajstić information content (AvgIpc) is 2.97. The maximum absolute atomic E-state index is 11.4. The number of aliphatic carboxylic acids is 1. The Hall–Kier alpha value is -3.21. The number of nitriles is 1. The minimum atomic E-state index is -0.859. The van der Waals surface area contributed by atoms with Gasteiger partial charge in [0.15, 0.2) is 0 Å². The topological polar surface area (TPSA) is 120 Å². The number of anilines is 1. The fraction of sp³-hybridized carbons (Fsp3) is 0.312. The zero-order valence-electron chi connectivity index (χ0n) is 12.9. The first-order valence-electron chi connectivity index (χ1n) is 7.32. The lowest BCUT2D eigenvalue weighted by molar-refractivity contribution is -0.384. The van der Waals surface area contributed by atoms with E-state index >= 15 is 0 Å². The Morgan fingerprint density at radius 3 is 2.83 bits per heavy atom. The van der Waals surface area contributed by atoms with Gasteiger partial charge in [0.2, 0.25) is 0 Å². The van der Waals surface area contributed by atoms with Crippen LogP contribution in [0.1, 0.15) is 18.9 Å². The lowest BCUT2D eigenvalue weighted by Crippen LogP contribution is -2.32. The summed E-state index contributed by atoms with van der Waals surface area (Å²) in [6.45, 7) is 2.52. The zero-order chi connectivity index (χ0) is 17.5. The van der Waals surface area contributed by atoms with Crippen LogP contribution in [0.4, 0.5) is 11.5 Å². The van der Waals surface area contributed by atoms with E-state index in [2.05, 4.69) is 4.98 Å². The number of fused-ring (bicyclic) bond motifs is 1. The number of nitro groups is 1. The molecule has 0 saturated carbocycles.